The number of piperidine rings is 2. The minimum absolute atomic E-state index is 0.0868. The second-order valence-corrected chi connectivity index (χ2v) is 13.0. The van der Waals surface area contributed by atoms with Crippen molar-refractivity contribution < 1.29 is 23.9 Å². The molecule has 0 spiro atoms. The van der Waals surface area contributed by atoms with E-state index in [0.29, 0.717) is 50.1 Å². The van der Waals surface area contributed by atoms with Crippen LogP contribution in [0.15, 0.2) is 48.5 Å². The number of amides is 5. The van der Waals surface area contributed by atoms with Gasteiger partial charge in [-0.25, -0.2) is 4.79 Å². The highest BCUT2D eigenvalue weighted by Crippen LogP contribution is 2.30. The van der Waals surface area contributed by atoms with Crippen LogP contribution < -0.4 is 16.0 Å². The summed E-state index contributed by atoms with van der Waals surface area (Å²) in [6, 6.07) is 16.2. The molecular weight excluding hydrogens is 594 g/mol. The first kappa shape index (κ1) is 32.7. The first-order valence-electron chi connectivity index (χ1n) is 17.1. The van der Waals surface area contributed by atoms with Gasteiger partial charge in [0.1, 0.15) is 6.04 Å². The highest BCUT2D eigenvalue weighted by Gasteiger charge is 2.39. The lowest BCUT2D eigenvalue weighted by atomic mass is 9.89. The van der Waals surface area contributed by atoms with E-state index in [1.165, 1.54) is 5.56 Å². The summed E-state index contributed by atoms with van der Waals surface area (Å²) >= 11 is 0. The standard InChI is InChI=1S/C37H45N5O5/c43-34-17-16-33(35(44)40-34)42-25-32-28(10-6-11-31(32)36(42)45)9-4-5-23-47-24-20-38-29-12-14-30(15-13-29)39-37(46)41-21-18-27(19-22-41)26-7-2-1-3-8-26/h1-3,6-8,10-11,27,29-30,33,38H,5,12-25H2,(H,39,46)(H,40,43,44). The Hall–Kier alpha value is -4.20. The van der Waals surface area contributed by atoms with Crippen LogP contribution in [0.2, 0.25) is 0 Å². The third-order valence-corrected chi connectivity index (χ3v) is 9.96. The maximum absolute atomic E-state index is 13.0. The summed E-state index contributed by atoms with van der Waals surface area (Å²) in [7, 11) is 0. The number of likely N-dealkylation sites (tertiary alicyclic amines) is 1. The first-order chi connectivity index (χ1) is 23.0. The van der Waals surface area contributed by atoms with Crippen LogP contribution in [0.3, 0.4) is 0 Å². The van der Waals surface area contributed by atoms with Crippen molar-refractivity contribution in [2.45, 2.75) is 88.4 Å². The van der Waals surface area contributed by atoms with Crippen LogP contribution in [0.1, 0.15) is 90.8 Å². The van der Waals surface area contributed by atoms with Crippen molar-refractivity contribution >= 4 is 23.8 Å². The van der Waals surface area contributed by atoms with Crippen LogP contribution in [-0.4, -0.2) is 84.5 Å². The molecule has 0 aromatic heterocycles. The normalized spacial score (nSPS) is 23.1. The zero-order chi connectivity index (χ0) is 32.6. The summed E-state index contributed by atoms with van der Waals surface area (Å²) in [4.78, 5) is 53.3. The Balaban J connectivity index is 0.838. The molecule has 3 aliphatic heterocycles. The maximum atomic E-state index is 13.0. The molecule has 6 rings (SSSR count). The summed E-state index contributed by atoms with van der Waals surface area (Å²) < 4.78 is 5.80. The van der Waals surface area contributed by atoms with Crippen molar-refractivity contribution in [3.63, 3.8) is 0 Å². The number of fused-ring (bicyclic) bond motifs is 1. The Labute approximate surface area is 277 Å². The number of urea groups is 1. The average molecular weight is 640 g/mol. The van der Waals surface area contributed by atoms with Gasteiger partial charge in [-0.3, -0.25) is 19.7 Å². The lowest BCUT2D eigenvalue weighted by Crippen LogP contribution is -2.52. The number of hydrogen-bond donors (Lipinski definition) is 3. The largest absolute Gasteiger partial charge is 0.379 e. The number of carbonyl (C=O) groups excluding carboxylic acids is 4. The number of nitrogens with one attached hydrogen (secondary N) is 3. The average Bonchev–Trinajstić information content (AvgIpc) is 3.43. The summed E-state index contributed by atoms with van der Waals surface area (Å²) in [6.07, 6.45) is 7.24. The summed E-state index contributed by atoms with van der Waals surface area (Å²) in [5, 5.41) is 9.22. The predicted molar refractivity (Wildman–Crippen MR) is 177 cm³/mol. The van der Waals surface area contributed by atoms with Gasteiger partial charge in [-0.05, 0) is 74.1 Å². The number of imide groups is 1. The minimum atomic E-state index is -0.634. The topological polar surface area (TPSA) is 120 Å². The number of hydrogen-bond acceptors (Lipinski definition) is 6. The van der Waals surface area contributed by atoms with Crippen LogP contribution in [0, 0.1) is 11.8 Å². The van der Waals surface area contributed by atoms with Gasteiger partial charge < -0.3 is 25.2 Å². The predicted octanol–water partition coefficient (Wildman–Crippen LogP) is 3.70. The molecule has 0 radical (unpaired) electrons. The van der Waals surface area contributed by atoms with E-state index in [9.17, 15) is 19.2 Å². The lowest BCUT2D eigenvalue weighted by Gasteiger charge is -2.35. The van der Waals surface area contributed by atoms with E-state index >= 15 is 0 Å². The molecule has 4 aliphatic rings. The molecule has 3 N–H and O–H groups in total. The summed E-state index contributed by atoms with van der Waals surface area (Å²) in [5.74, 6) is 5.99. The number of nitrogens with zero attached hydrogens (tertiary/aromatic N) is 2. The molecule has 248 valence electrons. The molecule has 3 heterocycles. The number of benzene rings is 2. The SMILES string of the molecule is O=C1CCC(N2Cc3c(C#CCCOCCNC4CCC(NC(=O)N5CCC(c6ccccc6)CC5)CC4)cccc3C2=O)C(=O)N1. The molecular formula is C37H45N5O5. The molecule has 1 atom stereocenters. The van der Waals surface area contributed by atoms with E-state index in [0.717, 1.165) is 69.3 Å². The Morgan fingerprint density at radius 2 is 1.66 bits per heavy atom. The quantitative estimate of drug-likeness (QED) is 0.219. The Bertz CT molecular complexity index is 1500. The molecule has 47 heavy (non-hydrogen) atoms. The molecule has 0 bridgehead atoms. The van der Waals surface area contributed by atoms with Crippen LogP contribution >= 0.6 is 0 Å². The molecule has 1 saturated carbocycles. The smallest absolute Gasteiger partial charge is 0.317 e. The van der Waals surface area contributed by atoms with E-state index < -0.39 is 11.9 Å². The molecule has 1 unspecified atom stereocenters. The van der Waals surface area contributed by atoms with Gasteiger partial charge in [0.05, 0.1) is 13.2 Å². The second kappa shape index (κ2) is 15.6. The molecule has 10 heteroatoms. The van der Waals surface area contributed by atoms with E-state index in [1.54, 1.807) is 11.0 Å². The van der Waals surface area contributed by atoms with Crippen molar-refractivity contribution in [1.82, 2.24) is 25.8 Å². The Morgan fingerprint density at radius 1 is 0.894 bits per heavy atom. The van der Waals surface area contributed by atoms with E-state index in [2.05, 4.69) is 58.1 Å². The van der Waals surface area contributed by atoms with Crippen molar-refractivity contribution in [2.75, 3.05) is 32.8 Å². The molecule has 10 nitrogen and oxygen atoms in total. The zero-order valence-corrected chi connectivity index (χ0v) is 27.0. The zero-order valence-electron chi connectivity index (χ0n) is 27.0. The van der Waals surface area contributed by atoms with Gasteiger partial charge in [0.15, 0.2) is 0 Å². The van der Waals surface area contributed by atoms with E-state index in [1.807, 2.05) is 17.0 Å². The van der Waals surface area contributed by atoms with Gasteiger partial charge in [-0.2, -0.15) is 0 Å². The molecule has 1 aliphatic carbocycles. The first-order valence-corrected chi connectivity index (χ1v) is 17.1. The molecule has 3 fully saturated rings. The maximum Gasteiger partial charge on any atom is 0.317 e. The minimum Gasteiger partial charge on any atom is -0.379 e. The fourth-order valence-electron chi connectivity index (χ4n) is 7.27. The van der Waals surface area contributed by atoms with E-state index in [4.69, 9.17) is 4.74 Å². The highest BCUT2D eigenvalue weighted by molar-refractivity contribution is 6.05. The van der Waals surface area contributed by atoms with Crippen LogP contribution in [0.5, 0.6) is 0 Å². The van der Waals surface area contributed by atoms with Gasteiger partial charge in [-0.1, -0.05) is 48.2 Å². The van der Waals surface area contributed by atoms with Crippen LogP contribution in [0.25, 0.3) is 0 Å². The van der Waals surface area contributed by atoms with Gasteiger partial charge >= 0.3 is 6.03 Å². The van der Waals surface area contributed by atoms with Crippen molar-refractivity contribution in [1.29, 1.82) is 0 Å². The van der Waals surface area contributed by atoms with E-state index in [-0.39, 0.29) is 30.3 Å². The van der Waals surface area contributed by atoms with Crippen molar-refractivity contribution in [3.05, 3.63) is 70.8 Å². The number of carbonyl (C=O) groups is 4. The Kier molecular flexibility index (Phi) is 10.9. The lowest BCUT2D eigenvalue weighted by molar-refractivity contribution is -0.136. The summed E-state index contributed by atoms with van der Waals surface area (Å²) in [5.41, 5.74) is 3.56. The van der Waals surface area contributed by atoms with Crippen molar-refractivity contribution in [2.24, 2.45) is 0 Å². The van der Waals surface area contributed by atoms with Crippen LogP contribution in [0.4, 0.5) is 4.79 Å². The fraction of sp³-hybridized carbons (Fsp3) is 0.514. The highest BCUT2D eigenvalue weighted by atomic mass is 16.5. The van der Waals surface area contributed by atoms with Gasteiger partial charge in [-0.15, -0.1) is 0 Å². The number of ether oxygens (including phenoxy) is 1. The number of rotatable bonds is 9. The van der Waals surface area contributed by atoms with Gasteiger partial charge in [0.25, 0.3) is 5.91 Å². The molecule has 2 aromatic carbocycles. The molecule has 2 aromatic rings. The fourth-order valence-corrected chi connectivity index (χ4v) is 7.27. The van der Waals surface area contributed by atoms with Crippen molar-refractivity contribution in [3.8, 4) is 11.8 Å². The molecule has 2 saturated heterocycles. The Morgan fingerprint density at radius 3 is 2.43 bits per heavy atom. The van der Waals surface area contributed by atoms with Crippen LogP contribution in [-0.2, 0) is 20.9 Å². The third-order valence-electron chi connectivity index (χ3n) is 9.96. The van der Waals surface area contributed by atoms with Gasteiger partial charge in [0, 0.05) is 62.2 Å². The summed E-state index contributed by atoms with van der Waals surface area (Å²) in [6.45, 7) is 3.84. The third kappa shape index (κ3) is 8.21. The molecule has 5 amide bonds. The monoisotopic (exact) mass is 639 g/mol. The second-order valence-electron chi connectivity index (χ2n) is 13.0. The van der Waals surface area contributed by atoms with Gasteiger partial charge in [0.2, 0.25) is 11.8 Å².